The normalized spacial score (nSPS) is 17.9. The predicted molar refractivity (Wildman–Crippen MR) is 152 cm³/mol. The van der Waals surface area contributed by atoms with Crippen LogP contribution in [0.5, 0.6) is 0 Å². The molecule has 39 heavy (non-hydrogen) atoms. The van der Waals surface area contributed by atoms with E-state index in [-0.39, 0.29) is 24.1 Å². The largest absolute Gasteiger partial charge is 0.444 e. The van der Waals surface area contributed by atoms with Gasteiger partial charge in [-0.1, -0.05) is 68.9 Å². The Labute approximate surface area is 233 Å². The van der Waals surface area contributed by atoms with E-state index in [1.54, 1.807) is 6.33 Å². The summed E-state index contributed by atoms with van der Waals surface area (Å²) < 4.78 is 7.41. The van der Waals surface area contributed by atoms with E-state index in [2.05, 4.69) is 22.4 Å². The highest BCUT2D eigenvalue weighted by Gasteiger charge is 2.31. The molecule has 0 radical (unpaired) electrons. The first kappa shape index (κ1) is 29.1. The maximum atomic E-state index is 13.8. The highest BCUT2D eigenvalue weighted by atomic mass is 16.6. The second kappa shape index (κ2) is 13.9. The summed E-state index contributed by atoms with van der Waals surface area (Å²) in [6.07, 6.45) is 13.8. The molecule has 2 saturated carbocycles. The smallest absolute Gasteiger partial charge is 0.407 e. The zero-order valence-corrected chi connectivity index (χ0v) is 24.1. The average molecular weight is 538 g/mol. The highest BCUT2D eigenvalue weighted by Crippen LogP contribution is 2.30. The molecule has 2 amide bonds. The lowest BCUT2D eigenvalue weighted by Crippen LogP contribution is -2.45. The van der Waals surface area contributed by atoms with Crippen LogP contribution in [0.3, 0.4) is 0 Å². The Morgan fingerprint density at radius 1 is 1.03 bits per heavy atom. The Balaban J connectivity index is 1.42. The topological polar surface area (TPSA) is 89.4 Å². The van der Waals surface area contributed by atoms with Gasteiger partial charge in [0.2, 0.25) is 5.91 Å². The lowest BCUT2D eigenvalue weighted by atomic mass is 9.82. The fourth-order valence-corrected chi connectivity index (χ4v) is 6.06. The molecular weight excluding hydrogens is 490 g/mol. The number of aromatic nitrogens is 3. The summed E-state index contributed by atoms with van der Waals surface area (Å²) >= 11 is 0. The van der Waals surface area contributed by atoms with Crippen LogP contribution < -0.4 is 5.32 Å². The van der Waals surface area contributed by atoms with E-state index in [0.29, 0.717) is 37.7 Å². The first-order valence-corrected chi connectivity index (χ1v) is 15.0. The number of nitrogens with zero attached hydrogens (tertiary/aromatic N) is 4. The van der Waals surface area contributed by atoms with Crippen molar-refractivity contribution in [3.63, 3.8) is 0 Å². The van der Waals surface area contributed by atoms with Gasteiger partial charge < -0.3 is 15.0 Å². The molecule has 0 bridgehead atoms. The van der Waals surface area contributed by atoms with Crippen molar-refractivity contribution < 1.29 is 14.3 Å². The fourth-order valence-electron chi connectivity index (χ4n) is 6.06. The molecule has 1 N–H and O–H groups in total. The molecule has 0 unspecified atom stereocenters. The SMILES string of the molecule is CC(C)(C)OC(=O)N[C@@H](CCC(=O)N(Cc1ncn(Cc2ccccc2)n1)C1CCCCC1)C1CCCCC1. The molecule has 1 aromatic carbocycles. The van der Waals surface area contributed by atoms with Crippen LogP contribution in [0.4, 0.5) is 4.79 Å². The van der Waals surface area contributed by atoms with Crippen molar-refractivity contribution in [2.75, 3.05) is 0 Å². The number of alkyl carbamates (subject to hydrolysis) is 1. The van der Waals surface area contributed by atoms with Crippen LogP contribution >= 0.6 is 0 Å². The van der Waals surface area contributed by atoms with Crippen molar-refractivity contribution in [3.8, 4) is 0 Å². The summed E-state index contributed by atoms with van der Waals surface area (Å²) in [5.74, 6) is 1.20. The Bertz CT molecular complexity index is 1040. The zero-order chi connectivity index (χ0) is 27.7. The Morgan fingerprint density at radius 2 is 1.69 bits per heavy atom. The standard InChI is InChI=1S/C31H47N5O3/c1-31(2,3)39-30(38)33-27(25-15-9-5-10-16-25)19-20-29(37)36(26-17-11-6-12-18-26)22-28-32-23-35(34-28)21-24-13-7-4-8-14-24/h4,7-8,13-14,23,25-27H,5-6,9-12,15-22H2,1-3H3,(H,33,38)/t27-/m0/s1. The van der Waals surface area contributed by atoms with E-state index in [1.165, 1.54) is 31.2 Å². The third-order valence-corrected chi connectivity index (χ3v) is 8.01. The molecular formula is C31H47N5O3. The molecule has 1 atom stereocenters. The van der Waals surface area contributed by atoms with Gasteiger partial charge in [-0.05, 0) is 64.4 Å². The summed E-state index contributed by atoms with van der Waals surface area (Å²) in [6, 6.07) is 10.4. The molecule has 2 fully saturated rings. The van der Waals surface area contributed by atoms with Crippen LogP contribution in [0.15, 0.2) is 36.7 Å². The predicted octanol–water partition coefficient (Wildman–Crippen LogP) is 6.24. The van der Waals surface area contributed by atoms with Gasteiger partial charge in [0.05, 0.1) is 13.1 Å². The van der Waals surface area contributed by atoms with Crippen LogP contribution in [-0.2, 0) is 22.6 Å². The number of rotatable bonds is 10. The van der Waals surface area contributed by atoms with E-state index in [9.17, 15) is 9.59 Å². The third-order valence-electron chi connectivity index (χ3n) is 8.01. The van der Waals surface area contributed by atoms with Gasteiger partial charge in [-0.15, -0.1) is 0 Å². The minimum Gasteiger partial charge on any atom is -0.444 e. The molecule has 0 saturated heterocycles. The third kappa shape index (κ3) is 9.36. The van der Waals surface area contributed by atoms with Crippen LogP contribution in [0.25, 0.3) is 0 Å². The maximum Gasteiger partial charge on any atom is 0.407 e. The van der Waals surface area contributed by atoms with Crippen molar-refractivity contribution in [2.24, 2.45) is 5.92 Å². The van der Waals surface area contributed by atoms with Gasteiger partial charge in [0.25, 0.3) is 0 Å². The zero-order valence-electron chi connectivity index (χ0n) is 24.1. The van der Waals surface area contributed by atoms with Gasteiger partial charge in [-0.25, -0.2) is 14.5 Å². The van der Waals surface area contributed by atoms with Crippen molar-refractivity contribution in [1.29, 1.82) is 0 Å². The number of hydrogen-bond donors (Lipinski definition) is 1. The first-order valence-electron chi connectivity index (χ1n) is 15.0. The number of carbonyl (C=O) groups excluding carboxylic acids is 2. The van der Waals surface area contributed by atoms with Gasteiger partial charge in [-0.3, -0.25) is 4.79 Å². The summed E-state index contributed by atoms with van der Waals surface area (Å²) in [5.41, 5.74) is 0.617. The molecule has 2 aliphatic carbocycles. The van der Waals surface area contributed by atoms with E-state index in [0.717, 1.165) is 38.5 Å². The molecule has 1 heterocycles. The van der Waals surface area contributed by atoms with Crippen LogP contribution in [0.1, 0.15) is 109 Å². The van der Waals surface area contributed by atoms with Gasteiger partial charge in [0, 0.05) is 18.5 Å². The number of ether oxygens (including phenoxy) is 1. The second-order valence-electron chi connectivity index (χ2n) is 12.3. The average Bonchev–Trinajstić information content (AvgIpc) is 3.36. The molecule has 2 aliphatic rings. The molecule has 4 rings (SSSR count). The van der Waals surface area contributed by atoms with E-state index >= 15 is 0 Å². The number of nitrogens with one attached hydrogen (secondary N) is 1. The number of amides is 2. The second-order valence-corrected chi connectivity index (χ2v) is 12.3. The van der Waals surface area contributed by atoms with Gasteiger partial charge in [0.1, 0.15) is 11.9 Å². The van der Waals surface area contributed by atoms with Gasteiger partial charge >= 0.3 is 6.09 Å². The quantitative estimate of drug-likeness (QED) is 0.387. The summed E-state index contributed by atoms with van der Waals surface area (Å²) in [6.45, 7) is 6.72. The molecule has 2 aromatic rings. The minimum absolute atomic E-state index is 0.0551. The lowest BCUT2D eigenvalue weighted by Gasteiger charge is -2.35. The van der Waals surface area contributed by atoms with E-state index < -0.39 is 5.60 Å². The first-order chi connectivity index (χ1) is 18.8. The van der Waals surface area contributed by atoms with E-state index in [1.807, 2.05) is 48.6 Å². The highest BCUT2D eigenvalue weighted by molar-refractivity contribution is 5.76. The lowest BCUT2D eigenvalue weighted by molar-refractivity contribution is -0.135. The van der Waals surface area contributed by atoms with Crippen molar-refractivity contribution >= 4 is 12.0 Å². The molecule has 8 heteroatoms. The monoisotopic (exact) mass is 537 g/mol. The maximum absolute atomic E-state index is 13.8. The number of benzene rings is 1. The number of carbonyl (C=O) groups is 2. The van der Waals surface area contributed by atoms with Crippen LogP contribution in [0, 0.1) is 5.92 Å². The van der Waals surface area contributed by atoms with Crippen LogP contribution in [-0.4, -0.2) is 49.3 Å². The molecule has 0 spiro atoms. The van der Waals surface area contributed by atoms with Crippen LogP contribution in [0.2, 0.25) is 0 Å². The van der Waals surface area contributed by atoms with Crippen molar-refractivity contribution in [3.05, 3.63) is 48.0 Å². The van der Waals surface area contributed by atoms with Gasteiger partial charge in [0.15, 0.2) is 5.82 Å². The van der Waals surface area contributed by atoms with E-state index in [4.69, 9.17) is 9.84 Å². The van der Waals surface area contributed by atoms with Crippen molar-refractivity contribution in [1.82, 2.24) is 25.0 Å². The summed E-state index contributed by atoms with van der Waals surface area (Å²) in [4.78, 5) is 33.0. The summed E-state index contributed by atoms with van der Waals surface area (Å²) in [5, 5.41) is 7.84. The Hall–Kier alpha value is -2.90. The Kier molecular flexibility index (Phi) is 10.4. The minimum atomic E-state index is -0.550. The molecule has 0 aliphatic heterocycles. The molecule has 8 nitrogen and oxygen atoms in total. The van der Waals surface area contributed by atoms with Gasteiger partial charge in [-0.2, -0.15) is 5.10 Å². The molecule has 214 valence electrons. The Morgan fingerprint density at radius 3 is 2.36 bits per heavy atom. The molecule has 1 aromatic heterocycles. The number of hydrogen-bond acceptors (Lipinski definition) is 5. The fraction of sp³-hybridized carbons (Fsp3) is 0.677. The van der Waals surface area contributed by atoms with Crippen molar-refractivity contribution in [2.45, 2.75) is 129 Å². The summed E-state index contributed by atoms with van der Waals surface area (Å²) in [7, 11) is 0.